The summed E-state index contributed by atoms with van der Waals surface area (Å²) < 4.78 is 10.3. The molecule has 0 saturated carbocycles. The monoisotopic (exact) mass is 367 g/mol. The Labute approximate surface area is 159 Å². The van der Waals surface area contributed by atoms with E-state index in [-0.39, 0.29) is 12.5 Å². The number of rotatable bonds is 5. The summed E-state index contributed by atoms with van der Waals surface area (Å²) in [5, 5.41) is 2.12. The number of carbonyl (C=O) groups is 2. The number of fused-ring (bicyclic) bond motifs is 1. The highest BCUT2D eigenvalue weighted by Gasteiger charge is 2.20. The Bertz CT molecular complexity index is 851. The first-order chi connectivity index (χ1) is 13.0. The number of methoxy groups -OCH3 is 1. The summed E-state index contributed by atoms with van der Waals surface area (Å²) in [6.45, 7) is 3.48. The number of piperidine rings is 1. The van der Waals surface area contributed by atoms with Gasteiger partial charge in [0, 0.05) is 19.2 Å². The third-order valence-corrected chi connectivity index (χ3v) is 4.96. The molecule has 0 radical (unpaired) electrons. The van der Waals surface area contributed by atoms with Crippen LogP contribution in [0.1, 0.15) is 25.3 Å². The van der Waals surface area contributed by atoms with Gasteiger partial charge in [0.15, 0.2) is 6.61 Å². The van der Waals surface area contributed by atoms with Gasteiger partial charge in [-0.15, -0.1) is 0 Å². The van der Waals surface area contributed by atoms with E-state index in [4.69, 9.17) is 9.47 Å². The summed E-state index contributed by atoms with van der Waals surface area (Å²) in [7, 11) is 1.64. The fourth-order valence-corrected chi connectivity index (χ4v) is 3.17. The molecule has 3 rings (SSSR count). The molecule has 1 fully saturated rings. The molecule has 142 valence electrons. The molecule has 0 unspecified atom stereocenters. The predicted molar refractivity (Wildman–Crippen MR) is 105 cm³/mol. The van der Waals surface area contributed by atoms with Crippen LogP contribution in [0.15, 0.2) is 42.5 Å². The zero-order valence-corrected chi connectivity index (χ0v) is 15.8. The Morgan fingerprint density at radius 1 is 1.11 bits per heavy atom. The van der Waals surface area contributed by atoms with Crippen molar-refractivity contribution >= 4 is 28.7 Å². The molecule has 0 spiro atoms. The number of ether oxygens (including phenoxy) is 2. The number of likely N-dealkylation sites (tertiary alicyclic amines) is 1. The van der Waals surface area contributed by atoms with Crippen molar-refractivity contribution in [3.63, 3.8) is 0 Å². The maximum absolute atomic E-state index is 12.1. The van der Waals surface area contributed by atoms with Crippen LogP contribution in [-0.2, 0) is 14.3 Å². The van der Waals surface area contributed by atoms with Gasteiger partial charge in [0.2, 0.25) is 0 Å². The van der Waals surface area contributed by atoms with Crippen LogP contribution < -0.4 is 4.74 Å². The second kappa shape index (κ2) is 8.71. The van der Waals surface area contributed by atoms with Crippen LogP contribution in [0.5, 0.6) is 5.75 Å². The molecule has 1 amide bonds. The lowest BCUT2D eigenvalue weighted by molar-refractivity contribution is -0.148. The summed E-state index contributed by atoms with van der Waals surface area (Å²) >= 11 is 0. The van der Waals surface area contributed by atoms with Gasteiger partial charge in [0.05, 0.1) is 7.11 Å². The Balaban J connectivity index is 1.53. The van der Waals surface area contributed by atoms with Gasteiger partial charge in [0.1, 0.15) is 5.75 Å². The molecule has 27 heavy (non-hydrogen) atoms. The zero-order valence-electron chi connectivity index (χ0n) is 15.8. The van der Waals surface area contributed by atoms with Crippen LogP contribution in [0.3, 0.4) is 0 Å². The Morgan fingerprint density at radius 2 is 1.81 bits per heavy atom. The van der Waals surface area contributed by atoms with E-state index in [1.54, 1.807) is 18.1 Å². The predicted octanol–water partition coefficient (Wildman–Crippen LogP) is 3.66. The fourth-order valence-electron chi connectivity index (χ4n) is 3.17. The van der Waals surface area contributed by atoms with E-state index in [9.17, 15) is 9.59 Å². The molecular weight excluding hydrogens is 342 g/mol. The molecule has 2 aromatic carbocycles. The lowest BCUT2D eigenvalue weighted by Gasteiger charge is -2.30. The minimum atomic E-state index is -0.511. The maximum atomic E-state index is 12.1. The summed E-state index contributed by atoms with van der Waals surface area (Å²) in [6, 6.07) is 11.7. The Morgan fingerprint density at radius 3 is 2.56 bits per heavy atom. The number of carbonyl (C=O) groups excluding carboxylic acids is 2. The third-order valence-electron chi connectivity index (χ3n) is 4.96. The van der Waals surface area contributed by atoms with Crippen LogP contribution >= 0.6 is 0 Å². The largest absolute Gasteiger partial charge is 0.497 e. The minimum Gasteiger partial charge on any atom is -0.497 e. The number of esters is 1. The standard InChI is InChI=1S/C22H25NO4/c1-16-9-11-23(12-10-16)21(24)15-27-22(25)8-4-17-3-5-19-14-20(26-2)7-6-18(19)13-17/h3-8,13-14,16H,9-12,15H2,1-2H3/b8-4+. The van der Waals surface area contributed by atoms with E-state index in [0.717, 1.165) is 48.0 Å². The molecule has 5 nitrogen and oxygen atoms in total. The fraction of sp³-hybridized carbons (Fsp3) is 0.364. The van der Waals surface area contributed by atoms with E-state index < -0.39 is 5.97 Å². The zero-order chi connectivity index (χ0) is 19.2. The van der Waals surface area contributed by atoms with Gasteiger partial charge in [-0.25, -0.2) is 4.79 Å². The molecule has 0 aromatic heterocycles. The normalized spacial score (nSPS) is 15.3. The van der Waals surface area contributed by atoms with Gasteiger partial charge in [0.25, 0.3) is 5.91 Å². The molecule has 1 saturated heterocycles. The van der Waals surface area contributed by atoms with Crippen LogP contribution in [0, 0.1) is 5.92 Å². The molecule has 5 heteroatoms. The molecular formula is C22H25NO4. The van der Waals surface area contributed by atoms with Gasteiger partial charge in [-0.1, -0.05) is 25.1 Å². The van der Waals surface area contributed by atoms with Gasteiger partial charge in [-0.05, 0) is 59.4 Å². The smallest absolute Gasteiger partial charge is 0.331 e. The van der Waals surface area contributed by atoms with Crippen LogP contribution in [-0.4, -0.2) is 43.6 Å². The van der Waals surface area contributed by atoms with Crippen molar-refractivity contribution in [3.8, 4) is 5.75 Å². The van der Waals surface area contributed by atoms with Crippen molar-refractivity contribution in [3.05, 3.63) is 48.0 Å². The molecule has 0 bridgehead atoms. The topological polar surface area (TPSA) is 55.8 Å². The maximum Gasteiger partial charge on any atom is 0.331 e. The highest BCUT2D eigenvalue weighted by Crippen LogP contribution is 2.22. The number of benzene rings is 2. The van der Waals surface area contributed by atoms with Crippen molar-refractivity contribution < 1.29 is 19.1 Å². The van der Waals surface area contributed by atoms with Crippen LogP contribution in [0.4, 0.5) is 0 Å². The van der Waals surface area contributed by atoms with Crippen LogP contribution in [0.25, 0.3) is 16.8 Å². The van der Waals surface area contributed by atoms with Crippen LogP contribution in [0.2, 0.25) is 0 Å². The molecule has 0 atom stereocenters. The minimum absolute atomic E-state index is 0.122. The van der Waals surface area contributed by atoms with Gasteiger partial charge >= 0.3 is 5.97 Å². The lowest BCUT2D eigenvalue weighted by Crippen LogP contribution is -2.40. The van der Waals surface area contributed by atoms with Gasteiger partial charge in [-0.2, -0.15) is 0 Å². The number of hydrogen-bond acceptors (Lipinski definition) is 4. The number of hydrogen-bond donors (Lipinski definition) is 0. The molecule has 1 aliphatic heterocycles. The number of amides is 1. The van der Waals surface area contributed by atoms with Crippen molar-refractivity contribution in [1.82, 2.24) is 4.90 Å². The Kier molecular flexibility index (Phi) is 6.12. The summed E-state index contributed by atoms with van der Waals surface area (Å²) in [6.07, 6.45) is 5.07. The molecule has 0 aliphatic carbocycles. The highest BCUT2D eigenvalue weighted by atomic mass is 16.5. The average Bonchev–Trinajstić information content (AvgIpc) is 2.70. The SMILES string of the molecule is COc1ccc2cc(/C=C/C(=O)OCC(=O)N3CCC(C)CC3)ccc2c1. The van der Waals surface area contributed by atoms with Crippen molar-refractivity contribution in [1.29, 1.82) is 0 Å². The molecule has 2 aromatic rings. The van der Waals surface area contributed by atoms with E-state index in [2.05, 4.69) is 6.92 Å². The van der Waals surface area contributed by atoms with Crippen molar-refractivity contribution in [2.75, 3.05) is 26.8 Å². The quantitative estimate of drug-likeness (QED) is 0.598. The lowest BCUT2D eigenvalue weighted by atomic mass is 9.99. The highest BCUT2D eigenvalue weighted by molar-refractivity contribution is 5.91. The summed E-state index contributed by atoms with van der Waals surface area (Å²) in [5.74, 6) is 0.830. The first-order valence-electron chi connectivity index (χ1n) is 9.25. The summed E-state index contributed by atoms with van der Waals surface area (Å²) in [4.78, 5) is 25.8. The van der Waals surface area contributed by atoms with E-state index in [0.29, 0.717) is 5.92 Å². The molecule has 1 aliphatic rings. The first-order valence-corrected chi connectivity index (χ1v) is 9.25. The van der Waals surface area contributed by atoms with Crippen molar-refractivity contribution in [2.45, 2.75) is 19.8 Å². The van der Waals surface area contributed by atoms with Gasteiger partial charge < -0.3 is 14.4 Å². The molecule has 1 heterocycles. The molecule has 0 N–H and O–H groups in total. The first kappa shape index (κ1) is 19.0. The Hall–Kier alpha value is -2.82. The van der Waals surface area contributed by atoms with Gasteiger partial charge in [-0.3, -0.25) is 4.79 Å². The van der Waals surface area contributed by atoms with E-state index in [1.807, 2.05) is 36.4 Å². The van der Waals surface area contributed by atoms with E-state index in [1.165, 1.54) is 6.08 Å². The third kappa shape index (κ3) is 5.09. The second-order valence-corrected chi connectivity index (χ2v) is 6.98. The number of nitrogens with zero attached hydrogens (tertiary/aromatic N) is 1. The second-order valence-electron chi connectivity index (χ2n) is 6.98. The average molecular weight is 367 g/mol. The van der Waals surface area contributed by atoms with Crippen molar-refractivity contribution in [2.24, 2.45) is 5.92 Å². The summed E-state index contributed by atoms with van der Waals surface area (Å²) in [5.41, 5.74) is 0.890. The van der Waals surface area contributed by atoms with E-state index >= 15 is 0 Å².